The van der Waals surface area contributed by atoms with Crippen molar-refractivity contribution in [2.75, 3.05) is 11.2 Å². The molecule has 0 bridgehead atoms. The molecule has 0 saturated heterocycles. The highest BCUT2D eigenvalue weighted by Gasteiger charge is 2.20. The Hall–Kier alpha value is -1.68. The highest BCUT2D eigenvalue weighted by atomic mass is 35.5. The number of benzene rings is 1. The van der Waals surface area contributed by atoms with Gasteiger partial charge in [0.2, 0.25) is 10.7 Å². The first-order valence-electron chi connectivity index (χ1n) is 9.05. The van der Waals surface area contributed by atoms with E-state index in [1.807, 2.05) is 0 Å². The molecular formula is C19H17ClFN3O2S3. The second-order valence-corrected chi connectivity index (χ2v) is 9.63. The summed E-state index contributed by atoms with van der Waals surface area (Å²) < 4.78 is 14.4. The van der Waals surface area contributed by atoms with Gasteiger partial charge < -0.3 is 4.98 Å². The Kier molecular flexibility index (Phi) is 6.10. The fourth-order valence-electron chi connectivity index (χ4n) is 3.39. The van der Waals surface area contributed by atoms with Crippen LogP contribution in [0.15, 0.2) is 23.0 Å². The zero-order chi connectivity index (χ0) is 20.5. The maximum absolute atomic E-state index is 13.1. The number of hydrogen-bond donors (Lipinski definition) is 2. The molecule has 4 rings (SSSR count). The van der Waals surface area contributed by atoms with Crippen LogP contribution < -0.4 is 11.0 Å². The van der Waals surface area contributed by atoms with E-state index in [1.54, 1.807) is 17.4 Å². The number of aromatic amines is 1. The van der Waals surface area contributed by atoms with E-state index in [1.165, 1.54) is 28.8 Å². The molecule has 1 aliphatic carbocycles. The summed E-state index contributed by atoms with van der Waals surface area (Å²) in [6.45, 7) is 0. The number of aryl methyl sites for hydroxylation is 2. The van der Waals surface area contributed by atoms with Crippen molar-refractivity contribution in [2.45, 2.75) is 31.4 Å². The molecule has 3 aromatic rings. The lowest BCUT2D eigenvalue weighted by Gasteiger charge is -2.11. The summed E-state index contributed by atoms with van der Waals surface area (Å²) in [7, 11) is 0. The Balaban J connectivity index is 1.49. The predicted molar refractivity (Wildman–Crippen MR) is 120 cm³/mol. The number of nitrogens with one attached hydrogen (secondary N) is 2. The highest BCUT2D eigenvalue weighted by molar-refractivity contribution is 7.99. The van der Waals surface area contributed by atoms with Gasteiger partial charge in [-0.25, -0.2) is 4.39 Å². The first-order valence-corrected chi connectivity index (χ1v) is 11.8. The molecule has 10 heteroatoms. The van der Waals surface area contributed by atoms with Crippen molar-refractivity contribution in [3.63, 3.8) is 0 Å². The lowest BCUT2D eigenvalue weighted by atomic mass is 9.97. The van der Waals surface area contributed by atoms with Crippen LogP contribution in [-0.4, -0.2) is 21.3 Å². The molecular weight excluding hydrogens is 453 g/mol. The second kappa shape index (κ2) is 8.59. The number of carbonyl (C=O) groups is 1. The Morgan fingerprint density at radius 2 is 2.17 bits per heavy atom. The first-order chi connectivity index (χ1) is 13.9. The summed E-state index contributed by atoms with van der Waals surface area (Å²) in [5, 5.41) is 0.952. The number of carbonyl (C=O) groups excluding carboxylic acids is 1. The quantitative estimate of drug-likeness (QED) is 0.527. The first kappa shape index (κ1) is 20.6. The van der Waals surface area contributed by atoms with Crippen LogP contribution in [0.5, 0.6) is 0 Å². The molecule has 0 aliphatic heterocycles. The molecule has 1 aromatic carbocycles. The third-order valence-electron chi connectivity index (χ3n) is 4.75. The average Bonchev–Trinajstić information content (AvgIpc) is 3.05. The van der Waals surface area contributed by atoms with Crippen molar-refractivity contribution in [3.05, 3.63) is 60.2 Å². The SMILES string of the molecule is O=C(CSCc1ccc(F)cc1Cl)Nn1c(=S)[nH]c2sc3c(c2c1=O)CCCC3. The third kappa shape index (κ3) is 4.28. The van der Waals surface area contributed by atoms with E-state index in [9.17, 15) is 14.0 Å². The molecule has 1 aliphatic rings. The van der Waals surface area contributed by atoms with Crippen LogP contribution in [0, 0.1) is 10.6 Å². The highest BCUT2D eigenvalue weighted by Crippen LogP contribution is 2.33. The van der Waals surface area contributed by atoms with Gasteiger partial charge in [-0.1, -0.05) is 17.7 Å². The minimum absolute atomic E-state index is 0.106. The van der Waals surface area contributed by atoms with Crippen molar-refractivity contribution < 1.29 is 9.18 Å². The number of hydrogen-bond acceptors (Lipinski definition) is 5. The van der Waals surface area contributed by atoms with Gasteiger partial charge in [0, 0.05) is 15.7 Å². The smallest absolute Gasteiger partial charge is 0.282 e. The maximum atomic E-state index is 13.1. The molecule has 0 unspecified atom stereocenters. The summed E-state index contributed by atoms with van der Waals surface area (Å²) in [5.41, 5.74) is 4.13. The third-order valence-corrected chi connectivity index (χ3v) is 7.58. The van der Waals surface area contributed by atoms with Crippen molar-refractivity contribution in [2.24, 2.45) is 0 Å². The molecule has 2 aromatic heterocycles. The molecule has 0 radical (unpaired) electrons. The molecule has 0 saturated carbocycles. The van der Waals surface area contributed by atoms with E-state index < -0.39 is 5.82 Å². The number of nitrogens with zero attached hydrogens (tertiary/aromatic N) is 1. The molecule has 29 heavy (non-hydrogen) atoms. The van der Waals surface area contributed by atoms with E-state index in [0.717, 1.165) is 46.3 Å². The normalized spacial score (nSPS) is 13.4. The number of amides is 1. The van der Waals surface area contributed by atoms with E-state index >= 15 is 0 Å². The molecule has 2 N–H and O–H groups in total. The Morgan fingerprint density at radius 1 is 1.38 bits per heavy atom. The molecule has 0 spiro atoms. The van der Waals surface area contributed by atoms with E-state index in [0.29, 0.717) is 16.2 Å². The number of rotatable bonds is 5. The van der Waals surface area contributed by atoms with Gasteiger partial charge in [-0.2, -0.15) is 4.68 Å². The second-order valence-electron chi connectivity index (χ2n) is 6.75. The van der Waals surface area contributed by atoms with E-state index in [-0.39, 0.29) is 22.0 Å². The lowest BCUT2D eigenvalue weighted by Crippen LogP contribution is -2.35. The van der Waals surface area contributed by atoms with Crippen LogP contribution in [0.25, 0.3) is 10.2 Å². The molecule has 2 heterocycles. The Morgan fingerprint density at radius 3 is 2.97 bits per heavy atom. The monoisotopic (exact) mass is 469 g/mol. The minimum Gasteiger partial charge on any atom is -0.322 e. The van der Waals surface area contributed by atoms with Crippen molar-refractivity contribution in [1.29, 1.82) is 0 Å². The number of thioether (sulfide) groups is 1. The van der Waals surface area contributed by atoms with Crippen LogP contribution in [0.4, 0.5) is 4.39 Å². The summed E-state index contributed by atoms with van der Waals surface area (Å²) in [6.07, 6.45) is 4.03. The van der Waals surface area contributed by atoms with Gasteiger partial charge in [-0.3, -0.25) is 15.0 Å². The number of H-pyrrole nitrogens is 1. The van der Waals surface area contributed by atoms with E-state index in [2.05, 4.69) is 10.4 Å². The van der Waals surface area contributed by atoms with Crippen molar-refractivity contribution in [1.82, 2.24) is 9.66 Å². The van der Waals surface area contributed by atoms with Crippen molar-refractivity contribution in [3.8, 4) is 0 Å². The van der Waals surface area contributed by atoms with Gasteiger partial charge in [0.05, 0.1) is 11.1 Å². The topological polar surface area (TPSA) is 66.9 Å². The van der Waals surface area contributed by atoms with Crippen LogP contribution in [0.2, 0.25) is 5.02 Å². The molecule has 1 amide bonds. The van der Waals surface area contributed by atoms with Crippen molar-refractivity contribution >= 4 is 63.0 Å². The van der Waals surface area contributed by atoms with Gasteiger partial charge in [0.25, 0.3) is 5.56 Å². The van der Waals surface area contributed by atoms with Crippen LogP contribution in [0.1, 0.15) is 28.8 Å². The predicted octanol–water partition coefficient (Wildman–Crippen LogP) is 4.80. The number of thiophene rings is 1. The summed E-state index contributed by atoms with van der Waals surface area (Å²) in [4.78, 5) is 30.4. The molecule has 5 nitrogen and oxygen atoms in total. The van der Waals surface area contributed by atoms with Gasteiger partial charge in [-0.05, 0) is 61.2 Å². The summed E-state index contributed by atoms with van der Waals surface area (Å²) in [5.74, 6) is -0.195. The Labute approximate surface area is 184 Å². The van der Waals surface area contributed by atoms with Gasteiger partial charge in [0.1, 0.15) is 10.6 Å². The van der Waals surface area contributed by atoms with Gasteiger partial charge in [-0.15, -0.1) is 23.1 Å². The van der Waals surface area contributed by atoms with Crippen LogP contribution >= 0.6 is 46.9 Å². The minimum atomic E-state index is -0.402. The van der Waals surface area contributed by atoms with Gasteiger partial charge >= 0.3 is 0 Å². The zero-order valence-corrected chi connectivity index (χ0v) is 18.4. The summed E-state index contributed by atoms with van der Waals surface area (Å²) in [6, 6.07) is 4.17. The van der Waals surface area contributed by atoms with Crippen LogP contribution in [-0.2, 0) is 23.4 Å². The number of aromatic nitrogens is 2. The molecule has 152 valence electrons. The largest absolute Gasteiger partial charge is 0.322 e. The average molecular weight is 470 g/mol. The van der Waals surface area contributed by atoms with Crippen LogP contribution in [0.3, 0.4) is 0 Å². The van der Waals surface area contributed by atoms with E-state index in [4.69, 9.17) is 23.8 Å². The zero-order valence-electron chi connectivity index (χ0n) is 15.2. The standard InChI is InChI=1S/C19H17ClFN3O2S3/c20-13-7-11(21)6-5-10(13)8-28-9-15(25)23-24-18(26)16-12-3-1-2-4-14(12)29-17(16)22-19(24)27/h5-7H,1-4,8-9H2,(H,22,27)(H,23,25). The molecule has 0 atom stereocenters. The number of fused-ring (bicyclic) bond motifs is 3. The fourth-order valence-corrected chi connectivity index (χ4v) is 6.10. The lowest BCUT2D eigenvalue weighted by molar-refractivity contribution is -0.114. The fraction of sp³-hybridized carbons (Fsp3) is 0.316. The Bertz CT molecular complexity index is 1220. The summed E-state index contributed by atoms with van der Waals surface area (Å²) >= 11 is 14.2. The maximum Gasteiger partial charge on any atom is 0.282 e. The molecule has 0 fully saturated rings. The number of halogens is 2. The van der Waals surface area contributed by atoms with Gasteiger partial charge in [0.15, 0.2) is 0 Å².